The molecule has 1 saturated heterocycles. The number of amides is 1. The summed E-state index contributed by atoms with van der Waals surface area (Å²) in [4.78, 5) is 12.8. The summed E-state index contributed by atoms with van der Waals surface area (Å²) < 4.78 is 5.56. The first-order valence-electron chi connectivity index (χ1n) is 17.9. The number of rotatable bonds is 28. The maximum atomic E-state index is 11.5. The van der Waals surface area contributed by atoms with Gasteiger partial charge in [-0.25, -0.2) is 4.79 Å². The Kier molecular flexibility index (Phi) is 23.5. The molecule has 0 saturated carbocycles. The monoisotopic (exact) mass is 580 g/mol. The number of allylic oxidation sites excluding steroid dienone is 1. The molecular weight excluding hydrogens is 510 g/mol. The highest BCUT2D eigenvalue weighted by atomic mass is 16.5. The molecule has 1 fully saturated rings. The summed E-state index contributed by atoms with van der Waals surface area (Å²) in [5.41, 5.74) is -0.892. The minimum Gasteiger partial charge on any atom is -0.465 e. The highest BCUT2D eigenvalue weighted by Gasteiger charge is 2.46. The van der Waals surface area contributed by atoms with Crippen molar-refractivity contribution in [2.24, 2.45) is 0 Å². The summed E-state index contributed by atoms with van der Waals surface area (Å²) in [6, 6.07) is -0.539. The van der Waals surface area contributed by atoms with Crippen LogP contribution in [-0.2, 0) is 4.74 Å². The zero-order valence-electron chi connectivity index (χ0n) is 27.6. The summed E-state index contributed by atoms with van der Waals surface area (Å²) in [5.74, 6) is 0. The SMILES string of the molecule is CCCCCCCCCCCCCCCCCCCCCCCCCCC/C=C/[C@@H](O)[C@@H]1COC(C)(C)N1C(=O)O. The minimum atomic E-state index is -1.05. The predicted molar refractivity (Wildman–Crippen MR) is 175 cm³/mol. The zero-order chi connectivity index (χ0) is 30.0. The number of unbranched alkanes of at least 4 members (excludes halogenated alkanes) is 25. The lowest BCUT2D eigenvalue weighted by Gasteiger charge is -2.32. The van der Waals surface area contributed by atoms with Gasteiger partial charge in [0.05, 0.1) is 18.8 Å². The van der Waals surface area contributed by atoms with Gasteiger partial charge in [0.15, 0.2) is 0 Å². The van der Waals surface area contributed by atoms with E-state index >= 15 is 0 Å². The Labute approximate surface area is 254 Å². The van der Waals surface area contributed by atoms with Crippen molar-refractivity contribution < 1.29 is 19.7 Å². The van der Waals surface area contributed by atoms with Gasteiger partial charge >= 0.3 is 6.09 Å². The van der Waals surface area contributed by atoms with Crippen molar-refractivity contribution in [2.75, 3.05) is 6.61 Å². The number of carboxylic acid groups (broad SMARTS) is 1. The van der Waals surface area contributed by atoms with E-state index in [4.69, 9.17) is 4.74 Å². The van der Waals surface area contributed by atoms with Gasteiger partial charge in [-0.15, -0.1) is 0 Å². The summed E-state index contributed by atoms with van der Waals surface area (Å²) in [6.07, 6.45) is 37.8. The van der Waals surface area contributed by atoms with Gasteiger partial charge in [-0.2, -0.15) is 0 Å². The summed E-state index contributed by atoms with van der Waals surface area (Å²) in [6.45, 7) is 5.96. The van der Waals surface area contributed by atoms with Gasteiger partial charge in [-0.1, -0.05) is 173 Å². The van der Waals surface area contributed by atoms with Crippen LogP contribution in [0.2, 0.25) is 0 Å². The van der Waals surface area contributed by atoms with Crippen LogP contribution < -0.4 is 0 Å². The number of nitrogens with zero attached hydrogens (tertiary/aromatic N) is 1. The molecule has 1 heterocycles. The molecule has 5 heteroatoms. The lowest BCUT2D eigenvalue weighted by atomic mass is 10.0. The first-order chi connectivity index (χ1) is 19.9. The highest BCUT2D eigenvalue weighted by Crippen LogP contribution is 2.29. The molecule has 0 aromatic rings. The van der Waals surface area contributed by atoms with Crippen LogP contribution in [0.1, 0.15) is 188 Å². The third kappa shape index (κ3) is 19.7. The van der Waals surface area contributed by atoms with Crippen LogP contribution in [0.3, 0.4) is 0 Å². The van der Waals surface area contributed by atoms with Gasteiger partial charge in [0.25, 0.3) is 0 Å². The lowest BCUT2D eigenvalue weighted by Crippen LogP contribution is -2.50. The molecule has 1 aliphatic heterocycles. The van der Waals surface area contributed by atoms with Crippen LogP contribution in [0.5, 0.6) is 0 Å². The number of carbonyl (C=O) groups is 1. The molecule has 0 aromatic heterocycles. The van der Waals surface area contributed by atoms with E-state index in [1.807, 2.05) is 6.08 Å². The molecule has 0 radical (unpaired) electrons. The molecule has 1 rings (SSSR count). The van der Waals surface area contributed by atoms with E-state index in [1.165, 1.54) is 159 Å². The smallest absolute Gasteiger partial charge is 0.410 e. The van der Waals surface area contributed by atoms with Gasteiger partial charge < -0.3 is 14.9 Å². The number of aliphatic hydroxyl groups is 1. The van der Waals surface area contributed by atoms with Gasteiger partial charge in [-0.3, -0.25) is 4.90 Å². The molecule has 0 spiro atoms. The van der Waals surface area contributed by atoms with E-state index in [-0.39, 0.29) is 6.61 Å². The third-order valence-corrected chi connectivity index (χ3v) is 8.93. The molecule has 242 valence electrons. The summed E-state index contributed by atoms with van der Waals surface area (Å²) in [7, 11) is 0. The molecule has 0 aliphatic carbocycles. The van der Waals surface area contributed by atoms with Crippen LogP contribution in [0.25, 0.3) is 0 Å². The molecular formula is C36H69NO4. The van der Waals surface area contributed by atoms with E-state index in [0.717, 1.165) is 12.8 Å². The molecule has 41 heavy (non-hydrogen) atoms. The number of aliphatic hydroxyl groups excluding tert-OH is 1. The highest BCUT2D eigenvalue weighted by molar-refractivity contribution is 5.67. The zero-order valence-corrected chi connectivity index (χ0v) is 27.6. The summed E-state index contributed by atoms with van der Waals surface area (Å²) in [5, 5.41) is 19.9. The number of hydrogen-bond acceptors (Lipinski definition) is 3. The fourth-order valence-corrected chi connectivity index (χ4v) is 6.22. The van der Waals surface area contributed by atoms with Gasteiger partial charge in [0, 0.05) is 0 Å². The Balaban J connectivity index is 1.78. The molecule has 0 unspecified atom stereocenters. The van der Waals surface area contributed by atoms with Crippen LogP contribution >= 0.6 is 0 Å². The van der Waals surface area contributed by atoms with Gasteiger partial charge in [0.1, 0.15) is 5.72 Å². The van der Waals surface area contributed by atoms with Crippen LogP contribution in [-0.4, -0.2) is 45.7 Å². The van der Waals surface area contributed by atoms with Crippen molar-refractivity contribution in [3.8, 4) is 0 Å². The fourth-order valence-electron chi connectivity index (χ4n) is 6.22. The van der Waals surface area contributed by atoms with Crippen molar-refractivity contribution in [2.45, 2.75) is 206 Å². The van der Waals surface area contributed by atoms with Crippen molar-refractivity contribution in [3.63, 3.8) is 0 Å². The molecule has 1 amide bonds. The van der Waals surface area contributed by atoms with E-state index in [9.17, 15) is 15.0 Å². The molecule has 1 aliphatic rings. The quantitative estimate of drug-likeness (QED) is 0.0714. The second-order valence-corrected chi connectivity index (χ2v) is 13.2. The summed E-state index contributed by atoms with van der Waals surface area (Å²) >= 11 is 0. The lowest BCUT2D eigenvalue weighted by molar-refractivity contribution is -0.0450. The van der Waals surface area contributed by atoms with E-state index in [0.29, 0.717) is 0 Å². The first kappa shape index (κ1) is 38.0. The average molecular weight is 580 g/mol. The molecule has 2 atom stereocenters. The minimum absolute atomic E-state index is 0.227. The molecule has 0 aromatic carbocycles. The van der Waals surface area contributed by atoms with E-state index < -0.39 is 24.0 Å². The first-order valence-corrected chi connectivity index (χ1v) is 17.9. The maximum Gasteiger partial charge on any atom is 0.410 e. The Morgan fingerprint density at radius 3 is 1.39 bits per heavy atom. The van der Waals surface area contributed by atoms with Crippen LogP contribution in [0, 0.1) is 0 Å². The van der Waals surface area contributed by atoms with Crippen molar-refractivity contribution in [1.29, 1.82) is 0 Å². The normalized spacial score (nSPS) is 17.6. The standard InChI is InChI=1S/C36H69NO4/c1-4-5-6-7-8-9-10-11-12-13-14-15-16-17-18-19-20-21-22-23-24-25-26-27-28-29-30-31-34(38)33-32-41-36(2,3)37(33)35(39)40/h30-31,33-34,38H,4-29,32H2,1-3H3,(H,39,40)/b31-30+/t33-,34+/m0/s1. The number of hydrogen-bond donors (Lipinski definition) is 2. The van der Waals surface area contributed by atoms with Crippen LogP contribution in [0.15, 0.2) is 12.2 Å². The topological polar surface area (TPSA) is 70.0 Å². The Morgan fingerprint density at radius 2 is 1.05 bits per heavy atom. The van der Waals surface area contributed by atoms with Crippen molar-refractivity contribution in [3.05, 3.63) is 12.2 Å². The van der Waals surface area contributed by atoms with E-state index in [2.05, 4.69) is 6.92 Å². The van der Waals surface area contributed by atoms with Gasteiger partial charge in [-0.05, 0) is 26.7 Å². The Morgan fingerprint density at radius 1 is 0.707 bits per heavy atom. The van der Waals surface area contributed by atoms with Crippen molar-refractivity contribution in [1.82, 2.24) is 4.90 Å². The Bertz CT molecular complexity index is 635. The average Bonchev–Trinajstić information content (AvgIpc) is 3.27. The second-order valence-electron chi connectivity index (χ2n) is 13.2. The second kappa shape index (κ2) is 25.4. The number of ether oxygens (including phenoxy) is 1. The molecule has 0 bridgehead atoms. The molecule has 2 N–H and O–H groups in total. The van der Waals surface area contributed by atoms with Crippen molar-refractivity contribution >= 4 is 6.09 Å². The van der Waals surface area contributed by atoms with Gasteiger partial charge in [0.2, 0.25) is 0 Å². The largest absolute Gasteiger partial charge is 0.465 e. The fraction of sp³-hybridized carbons (Fsp3) is 0.917. The Hall–Kier alpha value is -1.07. The van der Waals surface area contributed by atoms with E-state index in [1.54, 1.807) is 19.9 Å². The van der Waals surface area contributed by atoms with Crippen LogP contribution in [0.4, 0.5) is 4.79 Å². The maximum absolute atomic E-state index is 11.5. The predicted octanol–water partition coefficient (Wildman–Crippen LogP) is 11.2. The third-order valence-electron chi connectivity index (χ3n) is 8.93. The molecule has 5 nitrogen and oxygen atoms in total.